The third-order valence-electron chi connectivity index (χ3n) is 6.25. The molecule has 7 heteroatoms. The molecule has 4 nitrogen and oxygen atoms in total. The number of halogens is 3. The number of aryl methyl sites for hydroxylation is 1. The summed E-state index contributed by atoms with van der Waals surface area (Å²) >= 11 is 0. The number of nitrogens with zero attached hydrogens (tertiary/aromatic N) is 1. The second kappa shape index (κ2) is 9.53. The minimum Gasteiger partial charge on any atom is -0.322 e. The highest BCUT2D eigenvalue weighted by Gasteiger charge is 2.36. The van der Waals surface area contributed by atoms with Crippen molar-refractivity contribution in [3.63, 3.8) is 0 Å². The van der Waals surface area contributed by atoms with Crippen LogP contribution in [-0.2, 0) is 6.18 Å². The average Bonchev–Trinajstić information content (AvgIpc) is 2.79. The largest absolute Gasteiger partial charge is 0.417 e. The molecule has 0 atom stereocenters. The number of hydrogen-bond acceptors (Lipinski definition) is 3. The van der Waals surface area contributed by atoms with Crippen LogP contribution >= 0.6 is 0 Å². The van der Waals surface area contributed by atoms with Gasteiger partial charge in [-0.1, -0.05) is 24.3 Å². The maximum Gasteiger partial charge on any atom is 0.417 e. The van der Waals surface area contributed by atoms with E-state index >= 15 is 0 Å². The number of rotatable bonds is 4. The second-order valence-electron chi connectivity index (χ2n) is 8.67. The Hall–Kier alpha value is -2.90. The quantitative estimate of drug-likeness (QED) is 0.652. The Morgan fingerprint density at radius 1 is 1.06 bits per heavy atom. The molecule has 1 amide bonds. The molecule has 33 heavy (non-hydrogen) atoms. The van der Waals surface area contributed by atoms with Crippen LogP contribution in [0.25, 0.3) is 11.1 Å². The fraction of sp³-hybridized carbons (Fsp3) is 0.346. The number of likely N-dealkylation sites (N-methyl/N-ethyl adjacent to an activating group) is 1. The van der Waals surface area contributed by atoms with Gasteiger partial charge in [-0.2, -0.15) is 13.2 Å². The molecule has 2 aliphatic heterocycles. The third-order valence-corrected chi connectivity index (χ3v) is 6.25. The van der Waals surface area contributed by atoms with Crippen molar-refractivity contribution in [2.75, 3.05) is 38.5 Å². The molecule has 0 spiro atoms. The highest BCUT2D eigenvalue weighted by molar-refractivity contribution is 6.05. The molecule has 0 bridgehead atoms. The van der Waals surface area contributed by atoms with Gasteiger partial charge >= 0.3 is 6.18 Å². The van der Waals surface area contributed by atoms with Gasteiger partial charge in [-0.25, -0.2) is 0 Å². The van der Waals surface area contributed by atoms with Crippen molar-refractivity contribution < 1.29 is 18.0 Å². The lowest BCUT2D eigenvalue weighted by molar-refractivity contribution is -0.137. The average molecular weight is 456 g/mol. The number of hydrogen-bond donors (Lipinski definition) is 2. The zero-order chi connectivity index (χ0) is 23.6. The number of amides is 1. The maximum atomic E-state index is 13.9. The summed E-state index contributed by atoms with van der Waals surface area (Å²) in [6, 6.07) is 9.47. The van der Waals surface area contributed by atoms with Crippen molar-refractivity contribution >= 4 is 22.7 Å². The van der Waals surface area contributed by atoms with E-state index in [2.05, 4.69) is 21.6 Å². The smallest absolute Gasteiger partial charge is 0.322 e. The molecule has 2 N–H and O–H groups in total. The molecule has 2 heterocycles. The molecule has 0 unspecified atom stereocenters. The van der Waals surface area contributed by atoms with Crippen LogP contribution in [0.5, 0.6) is 0 Å². The van der Waals surface area contributed by atoms with Crippen molar-refractivity contribution in [3.8, 4) is 0 Å². The number of carbonyl (C=O) groups is 1. The first kappa shape index (κ1) is 23.3. The van der Waals surface area contributed by atoms with Crippen molar-refractivity contribution in [2.24, 2.45) is 0 Å². The van der Waals surface area contributed by atoms with E-state index in [0.29, 0.717) is 24.2 Å². The van der Waals surface area contributed by atoms with Crippen LogP contribution in [0.2, 0.25) is 0 Å². The lowest BCUT2D eigenvalue weighted by Crippen LogP contribution is -2.24. The molecule has 0 fully saturated rings. The zero-order valence-corrected chi connectivity index (χ0v) is 18.9. The Morgan fingerprint density at radius 3 is 2.52 bits per heavy atom. The Balaban J connectivity index is 1.59. The first-order chi connectivity index (χ1) is 15.7. The SMILES string of the molecule is Cc1cc(NC(=O)c2ccc(C3=CCN(C)CC3)cc2C(F)(F)F)ccc1C1=CCNCC1. The van der Waals surface area contributed by atoms with Crippen LogP contribution in [0.3, 0.4) is 0 Å². The fourth-order valence-electron chi connectivity index (χ4n) is 4.38. The molecule has 0 aromatic heterocycles. The van der Waals surface area contributed by atoms with Crippen molar-refractivity contribution in [2.45, 2.75) is 25.9 Å². The van der Waals surface area contributed by atoms with Gasteiger partial charge < -0.3 is 15.5 Å². The lowest BCUT2D eigenvalue weighted by atomic mass is 9.94. The standard InChI is InChI=1S/C26H28F3N3O/c1-17-15-21(4-6-22(17)19-7-11-30-12-8-19)31-25(33)23-5-3-20(16-24(23)26(27,28)29)18-9-13-32(2)14-10-18/h3-7,9,15-16,30H,8,10-14H2,1-2H3,(H,31,33). The molecule has 2 aromatic carbocycles. The Labute approximate surface area is 192 Å². The number of alkyl halides is 3. The van der Waals surface area contributed by atoms with Gasteiger partial charge in [-0.3, -0.25) is 4.79 Å². The first-order valence-corrected chi connectivity index (χ1v) is 11.1. The van der Waals surface area contributed by atoms with Gasteiger partial charge in [0.2, 0.25) is 0 Å². The summed E-state index contributed by atoms with van der Waals surface area (Å²) in [6.07, 6.45) is 1.05. The zero-order valence-electron chi connectivity index (χ0n) is 18.9. The van der Waals surface area contributed by atoms with Gasteiger partial charge in [0.05, 0.1) is 11.1 Å². The Kier molecular flexibility index (Phi) is 6.72. The van der Waals surface area contributed by atoms with Crippen LogP contribution in [0.4, 0.5) is 18.9 Å². The van der Waals surface area contributed by atoms with Gasteiger partial charge in [-0.05, 0) is 85.5 Å². The maximum absolute atomic E-state index is 13.9. The summed E-state index contributed by atoms with van der Waals surface area (Å²) in [5.74, 6) is -0.764. The molecule has 4 rings (SSSR count). The van der Waals surface area contributed by atoms with Gasteiger partial charge in [-0.15, -0.1) is 0 Å². The van der Waals surface area contributed by atoms with E-state index in [1.54, 1.807) is 18.2 Å². The highest BCUT2D eigenvalue weighted by atomic mass is 19.4. The van der Waals surface area contributed by atoms with Crippen LogP contribution < -0.4 is 10.6 Å². The van der Waals surface area contributed by atoms with E-state index in [-0.39, 0.29) is 5.56 Å². The third kappa shape index (κ3) is 5.37. The van der Waals surface area contributed by atoms with E-state index in [1.807, 2.05) is 26.1 Å². The summed E-state index contributed by atoms with van der Waals surface area (Å²) in [7, 11) is 1.97. The predicted molar refractivity (Wildman–Crippen MR) is 126 cm³/mol. The molecule has 0 aliphatic carbocycles. The second-order valence-corrected chi connectivity index (χ2v) is 8.67. The van der Waals surface area contributed by atoms with Crippen molar-refractivity contribution in [1.29, 1.82) is 0 Å². The molecule has 2 aromatic rings. The van der Waals surface area contributed by atoms with Crippen LogP contribution in [0.15, 0.2) is 48.6 Å². The summed E-state index contributed by atoms with van der Waals surface area (Å²) in [5, 5.41) is 5.93. The molecular formula is C26H28F3N3O. The van der Waals surface area contributed by atoms with E-state index in [4.69, 9.17) is 0 Å². The predicted octanol–water partition coefficient (Wildman–Crippen LogP) is 5.36. The van der Waals surface area contributed by atoms with Crippen LogP contribution in [0, 0.1) is 6.92 Å². The van der Waals surface area contributed by atoms with E-state index in [1.165, 1.54) is 11.6 Å². The van der Waals surface area contributed by atoms with Crippen molar-refractivity contribution in [3.05, 3.63) is 76.4 Å². The summed E-state index contributed by atoms with van der Waals surface area (Å²) in [6.45, 7) is 5.16. The van der Waals surface area contributed by atoms with Gasteiger partial charge in [0, 0.05) is 25.3 Å². The highest BCUT2D eigenvalue weighted by Crippen LogP contribution is 2.35. The number of carbonyl (C=O) groups excluding carboxylic acids is 1. The molecule has 0 saturated heterocycles. The Bertz CT molecular complexity index is 1120. The summed E-state index contributed by atoms with van der Waals surface area (Å²) < 4.78 is 41.6. The number of benzene rings is 2. The normalized spacial score (nSPS) is 17.4. The topological polar surface area (TPSA) is 44.4 Å². The van der Waals surface area contributed by atoms with Crippen LogP contribution in [0.1, 0.15) is 45.5 Å². The van der Waals surface area contributed by atoms with E-state index in [9.17, 15) is 18.0 Å². The molecule has 174 valence electrons. The fourth-order valence-corrected chi connectivity index (χ4v) is 4.38. The van der Waals surface area contributed by atoms with Gasteiger partial charge in [0.1, 0.15) is 0 Å². The lowest BCUT2D eigenvalue weighted by Gasteiger charge is -2.23. The van der Waals surface area contributed by atoms with Crippen LogP contribution in [-0.4, -0.2) is 44.0 Å². The molecular weight excluding hydrogens is 427 g/mol. The minimum absolute atomic E-state index is 0.373. The first-order valence-electron chi connectivity index (χ1n) is 11.1. The Morgan fingerprint density at radius 2 is 1.88 bits per heavy atom. The summed E-state index contributed by atoms with van der Waals surface area (Å²) in [4.78, 5) is 15.0. The summed E-state index contributed by atoms with van der Waals surface area (Å²) in [5.41, 5.74) is 3.90. The number of nitrogens with one attached hydrogen (secondary N) is 2. The molecule has 2 aliphatic rings. The van der Waals surface area contributed by atoms with E-state index < -0.39 is 17.6 Å². The molecule has 0 saturated carbocycles. The van der Waals surface area contributed by atoms with Gasteiger partial charge in [0.25, 0.3) is 5.91 Å². The minimum atomic E-state index is -4.63. The van der Waals surface area contributed by atoms with Gasteiger partial charge in [0.15, 0.2) is 0 Å². The van der Waals surface area contributed by atoms with Crippen molar-refractivity contribution in [1.82, 2.24) is 10.2 Å². The number of anilines is 1. The molecule has 0 radical (unpaired) electrons. The monoisotopic (exact) mass is 455 g/mol. The van der Waals surface area contributed by atoms with E-state index in [0.717, 1.165) is 48.8 Å².